The second-order valence-electron chi connectivity index (χ2n) is 7.46. The van der Waals surface area contributed by atoms with E-state index in [1.807, 2.05) is 0 Å². The lowest BCUT2D eigenvalue weighted by Crippen LogP contribution is -2.59. The molecule has 0 aliphatic heterocycles. The Morgan fingerprint density at radius 1 is 1.19 bits per heavy atom. The molecule has 21 heavy (non-hydrogen) atoms. The van der Waals surface area contributed by atoms with Gasteiger partial charge in [0.15, 0.2) is 9.84 Å². The molecule has 4 aliphatic rings. The standard InChI is InChI=1S/C15H23FO4S/c1-14(16,9-13(17)20-2)21(18,19)15-6-10-3-11(7-15)5-12(4-10)8-15/h10-12H,3-9H2,1-2H3. The van der Waals surface area contributed by atoms with E-state index in [2.05, 4.69) is 4.74 Å². The number of alkyl halides is 1. The minimum absolute atomic E-state index is 0.417. The molecule has 1 atom stereocenters. The van der Waals surface area contributed by atoms with E-state index < -0.39 is 32.0 Å². The molecular formula is C15H23FO4S. The van der Waals surface area contributed by atoms with Crippen LogP contribution in [0.5, 0.6) is 0 Å². The molecule has 4 fully saturated rings. The first-order chi connectivity index (χ1) is 9.69. The van der Waals surface area contributed by atoms with E-state index in [9.17, 15) is 17.6 Å². The molecule has 4 nitrogen and oxygen atoms in total. The van der Waals surface area contributed by atoms with Gasteiger partial charge in [-0.3, -0.25) is 4.79 Å². The van der Waals surface area contributed by atoms with Crippen LogP contribution in [0.4, 0.5) is 4.39 Å². The summed E-state index contributed by atoms with van der Waals surface area (Å²) in [4.78, 5) is 11.4. The zero-order valence-corrected chi connectivity index (χ0v) is 13.4. The molecule has 0 N–H and O–H groups in total. The Morgan fingerprint density at radius 3 is 2.00 bits per heavy atom. The quantitative estimate of drug-likeness (QED) is 0.748. The number of ether oxygens (including phenoxy) is 1. The van der Waals surface area contributed by atoms with Gasteiger partial charge in [-0.25, -0.2) is 12.8 Å². The van der Waals surface area contributed by atoms with Crippen LogP contribution in [0.3, 0.4) is 0 Å². The number of carbonyl (C=O) groups is 1. The van der Waals surface area contributed by atoms with Crippen LogP contribution in [0.1, 0.15) is 51.9 Å². The molecule has 0 saturated heterocycles. The molecule has 0 radical (unpaired) electrons. The summed E-state index contributed by atoms with van der Waals surface area (Å²) in [6.07, 6.45) is 4.28. The third kappa shape index (κ3) is 2.21. The van der Waals surface area contributed by atoms with Crippen molar-refractivity contribution in [3.05, 3.63) is 0 Å². The number of methoxy groups -OCH3 is 1. The van der Waals surface area contributed by atoms with Crippen molar-refractivity contribution in [3.8, 4) is 0 Å². The molecule has 4 saturated carbocycles. The van der Waals surface area contributed by atoms with Gasteiger partial charge in [0.05, 0.1) is 18.3 Å². The summed E-state index contributed by atoms with van der Waals surface area (Å²) in [5, 5.41) is -2.54. The van der Waals surface area contributed by atoms with Crippen molar-refractivity contribution in [2.24, 2.45) is 17.8 Å². The summed E-state index contributed by atoms with van der Waals surface area (Å²) in [5.41, 5.74) is 0. The average Bonchev–Trinajstić information content (AvgIpc) is 2.36. The van der Waals surface area contributed by atoms with Crippen LogP contribution >= 0.6 is 0 Å². The molecular weight excluding hydrogens is 295 g/mol. The van der Waals surface area contributed by atoms with Gasteiger partial charge in [-0.2, -0.15) is 0 Å². The van der Waals surface area contributed by atoms with Gasteiger partial charge in [-0.1, -0.05) is 0 Å². The van der Waals surface area contributed by atoms with Crippen LogP contribution in [0.2, 0.25) is 0 Å². The van der Waals surface area contributed by atoms with E-state index in [1.165, 1.54) is 0 Å². The molecule has 0 amide bonds. The molecule has 0 aromatic heterocycles. The summed E-state index contributed by atoms with van der Waals surface area (Å²) >= 11 is 0. The SMILES string of the molecule is COC(=O)CC(C)(F)S(=O)(=O)C12CC3CC(CC(C3)C1)C2. The van der Waals surface area contributed by atoms with Crippen LogP contribution in [-0.4, -0.2) is 31.2 Å². The van der Waals surface area contributed by atoms with Gasteiger partial charge in [0.25, 0.3) is 0 Å². The maximum Gasteiger partial charge on any atom is 0.309 e. The largest absolute Gasteiger partial charge is 0.469 e. The van der Waals surface area contributed by atoms with Crippen molar-refractivity contribution in [2.45, 2.75) is 61.6 Å². The summed E-state index contributed by atoms with van der Waals surface area (Å²) in [6.45, 7) is 1.03. The van der Waals surface area contributed by atoms with Gasteiger partial charge in [-0.15, -0.1) is 0 Å². The van der Waals surface area contributed by atoms with E-state index in [0.29, 0.717) is 37.0 Å². The first-order valence-corrected chi connectivity index (χ1v) is 9.17. The third-order valence-corrected chi connectivity index (χ3v) is 8.71. The summed E-state index contributed by atoms with van der Waals surface area (Å²) in [6, 6.07) is 0. The highest BCUT2D eigenvalue weighted by Gasteiger charge is 2.62. The lowest BCUT2D eigenvalue weighted by molar-refractivity contribution is -0.142. The molecule has 0 spiro atoms. The molecule has 4 rings (SSSR count). The van der Waals surface area contributed by atoms with Gasteiger partial charge in [0.1, 0.15) is 0 Å². The number of rotatable bonds is 4. The van der Waals surface area contributed by atoms with Gasteiger partial charge in [-0.05, 0) is 63.2 Å². The molecule has 6 heteroatoms. The molecule has 0 aromatic rings. The Bertz CT molecular complexity index is 517. The first kappa shape index (κ1) is 15.3. The molecule has 4 aliphatic carbocycles. The van der Waals surface area contributed by atoms with Crippen molar-refractivity contribution < 1.29 is 22.3 Å². The predicted octanol–water partition coefficient (Wildman–Crippen LogP) is 2.62. The van der Waals surface area contributed by atoms with E-state index in [0.717, 1.165) is 33.3 Å². The van der Waals surface area contributed by atoms with Crippen LogP contribution in [-0.2, 0) is 19.4 Å². The smallest absolute Gasteiger partial charge is 0.309 e. The van der Waals surface area contributed by atoms with E-state index >= 15 is 0 Å². The Morgan fingerprint density at radius 2 is 1.62 bits per heavy atom. The van der Waals surface area contributed by atoms with Crippen LogP contribution in [0.25, 0.3) is 0 Å². The van der Waals surface area contributed by atoms with Crippen molar-refractivity contribution in [3.63, 3.8) is 0 Å². The van der Waals surface area contributed by atoms with Gasteiger partial charge in [0.2, 0.25) is 5.00 Å². The van der Waals surface area contributed by atoms with Crippen molar-refractivity contribution in [1.29, 1.82) is 0 Å². The van der Waals surface area contributed by atoms with Crippen LogP contribution in [0, 0.1) is 17.8 Å². The maximum absolute atomic E-state index is 14.9. The normalized spacial score (nSPS) is 40.8. The van der Waals surface area contributed by atoms with Gasteiger partial charge in [0, 0.05) is 0 Å². The number of carbonyl (C=O) groups excluding carboxylic acids is 1. The van der Waals surface area contributed by atoms with E-state index in [4.69, 9.17) is 0 Å². The number of hydrogen-bond acceptors (Lipinski definition) is 4. The fourth-order valence-corrected chi connectivity index (χ4v) is 7.81. The second-order valence-corrected chi connectivity index (χ2v) is 10.2. The zero-order chi connectivity index (χ0) is 15.5. The Kier molecular flexibility index (Phi) is 3.39. The average molecular weight is 318 g/mol. The minimum Gasteiger partial charge on any atom is -0.469 e. The third-order valence-electron chi connectivity index (χ3n) is 5.80. The molecule has 1 unspecified atom stereocenters. The topological polar surface area (TPSA) is 60.4 Å². The summed E-state index contributed by atoms with van der Waals surface area (Å²) < 4.78 is 44.4. The highest BCUT2D eigenvalue weighted by Crippen LogP contribution is 2.60. The monoisotopic (exact) mass is 318 g/mol. The lowest BCUT2D eigenvalue weighted by atomic mass is 9.56. The number of sulfone groups is 1. The zero-order valence-electron chi connectivity index (χ0n) is 12.6. The fraction of sp³-hybridized carbons (Fsp3) is 0.933. The summed E-state index contributed by atoms with van der Waals surface area (Å²) in [7, 11) is -2.88. The highest BCUT2D eigenvalue weighted by atomic mass is 32.2. The number of hydrogen-bond donors (Lipinski definition) is 0. The number of halogens is 1. The van der Waals surface area contributed by atoms with Crippen molar-refractivity contribution in [1.82, 2.24) is 0 Å². The molecule has 0 aromatic carbocycles. The summed E-state index contributed by atoms with van der Waals surface area (Å²) in [5.74, 6) is 0.438. The highest BCUT2D eigenvalue weighted by molar-refractivity contribution is 7.94. The molecule has 4 bridgehead atoms. The van der Waals surface area contributed by atoms with Crippen molar-refractivity contribution in [2.75, 3.05) is 7.11 Å². The first-order valence-electron chi connectivity index (χ1n) is 7.69. The van der Waals surface area contributed by atoms with Crippen molar-refractivity contribution >= 4 is 15.8 Å². The molecule has 120 valence electrons. The Hall–Kier alpha value is -0.650. The fourth-order valence-electron chi connectivity index (χ4n) is 5.24. The van der Waals surface area contributed by atoms with Crippen LogP contribution < -0.4 is 0 Å². The van der Waals surface area contributed by atoms with E-state index in [-0.39, 0.29) is 0 Å². The molecule has 0 heterocycles. The Balaban J connectivity index is 1.92. The van der Waals surface area contributed by atoms with Gasteiger partial charge >= 0.3 is 5.97 Å². The predicted molar refractivity (Wildman–Crippen MR) is 76.0 cm³/mol. The minimum atomic E-state index is -4.03. The Labute approximate surface area is 125 Å². The second kappa shape index (κ2) is 4.67. The lowest BCUT2D eigenvalue weighted by Gasteiger charge is -2.56. The van der Waals surface area contributed by atoms with E-state index in [1.54, 1.807) is 0 Å². The van der Waals surface area contributed by atoms with Crippen LogP contribution in [0.15, 0.2) is 0 Å². The number of esters is 1. The maximum atomic E-state index is 14.9. The van der Waals surface area contributed by atoms with Gasteiger partial charge < -0.3 is 4.74 Å².